The first-order chi connectivity index (χ1) is 6.61. The summed E-state index contributed by atoms with van der Waals surface area (Å²) >= 11 is 4.26. The van der Waals surface area contributed by atoms with Crippen LogP contribution in [0.15, 0.2) is 10.5 Å². The number of nitro benzene ring substituents is 1. The fourth-order valence-corrected chi connectivity index (χ4v) is 2.54. The molecule has 7 heteroatoms. The molecule has 0 radical (unpaired) electrons. The second-order valence-corrected chi connectivity index (χ2v) is 4.13. The van der Waals surface area contributed by atoms with Crippen LogP contribution in [0.2, 0.25) is 0 Å². The predicted octanol–water partition coefficient (Wildman–Crippen LogP) is 2.67. The highest BCUT2D eigenvalue weighted by Crippen LogP contribution is 2.32. The van der Waals surface area contributed by atoms with Gasteiger partial charge in [0.25, 0.3) is 0 Å². The molecule has 0 aliphatic heterocycles. The number of rotatable bonds is 1. The summed E-state index contributed by atoms with van der Waals surface area (Å²) in [6, 6.07) is 1.68. The van der Waals surface area contributed by atoms with Crippen LogP contribution in [-0.2, 0) is 0 Å². The van der Waals surface area contributed by atoms with Crippen molar-refractivity contribution in [2.24, 2.45) is 0 Å². The van der Waals surface area contributed by atoms with Gasteiger partial charge in [0.15, 0.2) is 5.52 Å². The standard InChI is InChI=1S/C7H4BrN3O2S/c1-3-2-4(8)5-6(10-14-9-5)7(3)11(12)13/h2H,1H3. The Balaban J connectivity index is 2.93. The van der Waals surface area contributed by atoms with Crippen LogP contribution >= 0.6 is 27.7 Å². The van der Waals surface area contributed by atoms with Gasteiger partial charge in [0, 0.05) is 10.0 Å². The SMILES string of the molecule is Cc1cc(Br)c2nsnc2c1[N+](=O)[O-]. The summed E-state index contributed by atoms with van der Waals surface area (Å²) in [4.78, 5) is 10.3. The van der Waals surface area contributed by atoms with Gasteiger partial charge in [-0.25, -0.2) is 0 Å². The van der Waals surface area contributed by atoms with Crippen molar-refractivity contribution in [2.45, 2.75) is 6.92 Å². The lowest BCUT2D eigenvalue weighted by Gasteiger charge is -1.98. The largest absolute Gasteiger partial charge is 0.301 e. The van der Waals surface area contributed by atoms with Crippen molar-refractivity contribution in [1.82, 2.24) is 8.75 Å². The highest BCUT2D eigenvalue weighted by molar-refractivity contribution is 9.10. The summed E-state index contributed by atoms with van der Waals surface area (Å²) in [5, 5.41) is 10.8. The van der Waals surface area contributed by atoms with Gasteiger partial charge in [-0.1, -0.05) is 0 Å². The molecular weight excluding hydrogens is 270 g/mol. The zero-order valence-electron chi connectivity index (χ0n) is 7.02. The molecule has 1 heterocycles. The molecule has 0 saturated heterocycles. The zero-order chi connectivity index (χ0) is 10.3. The van der Waals surface area contributed by atoms with Crippen LogP contribution < -0.4 is 0 Å². The Bertz CT molecular complexity index is 525. The third-order valence-electron chi connectivity index (χ3n) is 1.84. The van der Waals surface area contributed by atoms with E-state index >= 15 is 0 Å². The molecule has 72 valence electrons. The molecule has 0 N–H and O–H groups in total. The Labute approximate surface area is 91.4 Å². The van der Waals surface area contributed by atoms with Crippen LogP contribution in [-0.4, -0.2) is 13.7 Å². The summed E-state index contributed by atoms with van der Waals surface area (Å²) in [5.74, 6) is 0. The topological polar surface area (TPSA) is 68.9 Å². The van der Waals surface area contributed by atoms with Crippen molar-refractivity contribution >= 4 is 44.4 Å². The minimum absolute atomic E-state index is 0.0388. The van der Waals surface area contributed by atoms with Gasteiger partial charge in [-0.3, -0.25) is 10.1 Å². The summed E-state index contributed by atoms with van der Waals surface area (Å²) in [6.45, 7) is 1.68. The molecule has 0 spiro atoms. The molecule has 1 aromatic carbocycles. The van der Waals surface area contributed by atoms with Crippen LogP contribution in [0.3, 0.4) is 0 Å². The third-order valence-corrected chi connectivity index (χ3v) is 2.97. The lowest BCUT2D eigenvalue weighted by molar-refractivity contribution is -0.383. The van der Waals surface area contributed by atoms with Crippen LogP contribution in [0.25, 0.3) is 11.0 Å². The van der Waals surface area contributed by atoms with E-state index in [1.54, 1.807) is 13.0 Å². The molecule has 0 aliphatic carbocycles. The Hall–Kier alpha value is -1.08. The summed E-state index contributed by atoms with van der Waals surface area (Å²) in [6.07, 6.45) is 0. The van der Waals surface area contributed by atoms with E-state index in [0.717, 1.165) is 16.2 Å². The number of hydrogen-bond donors (Lipinski definition) is 0. The fourth-order valence-electron chi connectivity index (χ4n) is 1.24. The maximum atomic E-state index is 10.8. The normalized spacial score (nSPS) is 10.7. The molecule has 1 aromatic heterocycles. The van der Waals surface area contributed by atoms with E-state index in [-0.39, 0.29) is 5.69 Å². The number of aryl methyl sites for hydroxylation is 1. The van der Waals surface area contributed by atoms with Gasteiger partial charge in [-0.15, -0.1) is 0 Å². The van der Waals surface area contributed by atoms with Crippen molar-refractivity contribution in [1.29, 1.82) is 0 Å². The number of nitrogens with zero attached hydrogens (tertiary/aromatic N) is 3. The number of hydrogen-bond acceptors (Lipinski definition) is 5. The highest BCUT2D eigenvalue weighted by Gasteiger charge is 2.20. The van der Waals surface area contributed by atoms with Crippen LogP contribution in [0.4, 0.5) is 5.69 Å². The third kappa shape index (κ3) is 1.28. The van der Waals surface area contributed by atoms with Gasteiger partial charge in [0.1, 0.15) is 5.52 Å². The molecule has 2 rings (SSSR count). The molecular formula is C7H4BrN3O2S. The van der Waals surface area contributed by atoms with Gasteiger partial charge >= 0.3 is 5.69 Å². The zero-order valence-corrected chi connectivity index (χ0v) is 9.42. The Morgan fingerprint density at radius 2 is 2.14 bits per heavy atom. The van der Waals surface area contributed by atoms with E-state index in [4.69, 9.17) is 0 Å². The Kier molecular flexibility index (Phi) is 2.20. The van der Waals surface area contributed by atoms with Gasteiger partial charge in [0.2, 0.25) is 0 Å². The van der Waals surface area contributed by atoms with Crippen LogP contribution in [0.5, 0.6) is 0 Å². The molecule has 0 unspecified atom stereocenters. The van der Waals surface area contributed by atoms with E-state index in [1.165, 1.54) is 0 Å². The first-order valence-electron chi connectivity index (χ1n) is 3.67. The molecule has 0 saturated carbocycles. The fraction of sp³-hybridized carbons (Fsp3) is 0.143. The molecule has 0 atom stereocenters. The maximum Gasteiger partial charge on any atom is 0.301 e. The monoisotopic (exact) mass is 273 g/mol. The first kappa shape index (κ1) is 9.47. The lowest BCUT2D eigenvalue weighted by Crippen LogP contribution is -1.93. The van der Waals surface area contributed by atoms with E-state index in [1.807, 2.05) is 0 Å². The average molecular weight is 274 g/mol. The van der Waals surface area contributed by atoms with Crippen LogP contribution in [0, 0.1) is 17.0 Å². The second-order valence-electron chi connectivity index (χ2n) is 2.74. The van der Waals surface area contributed by atoms with Crippen molar-refractivity contribution in [3.8, 4) is 0 Å². The maximum absolute atomic E-state index is 10.8. The second kappa shape index (κ2) is 3.25. The van der Waals surface area contributed by atoms with E-state index in [0.29, 0.717) is 16.6 Å². The number of halogens is 1. The Morgan fingerprint density at radius 1 is 1.50 bits per heavy atom. The first-order valence-corrected chi connectivity index (χ1v) is 5.19. The smallest absolute Gasteiger partial charge is 0.258 e. The van der Waals surface area contributed by atoms with Crippen molar-refractivity contribution < 1.29 is 4.92 Å². The van der Waals surface area contributed by atoms with E-state index < -0.39 is 4.92 Å². The molecule has 0 bridgehead atoms. The van der Waals surface area contributed by atoms with Crippen molar-refractivity contribution in [2.75, 3.05) is 0 Å². The number of nitro groups is 1. The minimum atomic E-state index is -0.425. The van der Waals surface area contributed by atoms with Gasteiger partial charge in [-0.05, 0) is 28.9 Å². The highest BCUT2D eigenvalue weighted by atomic mass is 79.9. The quantitative estimate of drug-likeness (QED) is 0.592. The molecule has 0 amide bonds. The predicted molar refractivity (Wildman–Crippen MR) is 56.5 cm³/mol. The Morgan fingerprint density at radius 3 is 2.79 bits per heavy atom. The van der Waals surface area contributed by atoms with Crippen molar-refractivity contribution in [3.05, 3.63) is 26.2 Å². The van der Waals surface area contributed by atoms with Crippen LogP contribution in [0.1, 0.15) is 5.56 Å². The lowest BCUT2D eigenvalue weighted by atomic mass is 10.2. The van der Waals surface area contributed by atoms with Gasteiger partial charge in [-0.2, -0.15) is 8.75 Å². The summed E-state index contributed by atoms with van der Waals surface area (Å²) in [7, 11) is 0. The molecule has 2 aromatic rings. The van der Waals surface area contributed by atoms with E-state index in [2.05, 4.69) is 24.7 Å². The number of aromatic nitrogens is 2. The summed E-state index contributed by atoms with van der Waals surface area (Å²) < 4.78 is 8.64. The van der Waals surface area contributed by atoms with Gasteiger partial charge in [0.05, 0.1) is 16.7 Å². The number of benzene rings is 1. The number of fused-ring (bicyclic) bond motifs is 1. The summed E-state index contributed by atoms with van der Waals surface area (Å²) in [5.41, 5.74) is 1.53. The average Bonchev–Trinajstić information content (AvgIpc) is 2.51. The van der Waals surface area contributed by atoms with Crippen molar-refractivity contribution in [3.63, 3.8) is 0 Å². The molecule has 0 fully saturated rings. The van der Waals surface area contributed by atoms with Gasteiger partial charge < -0.3 is 0 Å². The van der Waals surface area contributed by atoms with E-state index in [9.17, 15) is 10.1 Å². The molecule has 14 heavy (non-hydrogen) atoms. The minimum Gasteiger partial charge on any atom is -0.258 e. The molecule has 5 nitrogen and oxygen atoms in total. The molecule has 0 aliphatic rings.